The maximum Gasteiger partial charge on any atom is 0.234 e. The average Bonchev–Trinajstić information content (AvgIpc) is 3.27. The Balaban J connectivity index is 1.37. The number of amides is 1. The maximum atomic E-state index is 13.1. The van der Waals surface area contributed by atoms with Crippen molar-refractivity contribution in [1.82, 2.24) is 30.6 Å². The first-order chi connectivity index (χ1) is 15.6. The lowest BCUT2D eigenvalue weighted by molar-refractivity contribution is -0.122. The smallest absolute Gasteiger partial charge is 0.234 e. The number of likely N-dealkylation sites (tertiary alicyclic amines) is 1. The minimum Gasteiger partial charge on any atom is -0.356 e. The predicted molar refractivity (Wildman–Crippen MR) is 124 cm³/mol. The van der Waals surface area contributed by atoms with Crippen LogP contribution in [0.3, 0.4) is 0 Å². The van der Waals surface area contributed by atoms with E-state index in [1.54, 1.807) is 23.9 Å². The van der Waals surface area contributed by atoms with Crippen LogP contribution < -0.4 is 16.0 Å². The van der Waals surface area contributed by atoms with E-state index in [0.29, 0.717) is 19.1 Å². The summed E-state index contributed by atoms with van der Waals surface area (Å²) in [7, 11) is 1.77. The minimum atomic E-state index is -0.257. The van der Waals surface area contributed by atoms with Crippen LogP contribution in [0.5, 0.6) is 0 Å². The van der Waals surface area contributed by atoms with Gasteiger partial charge in [0.15, 0.2) is 5.96 Å². The number of nitrogens with one attached hydrogen (secondary N) is 3. The summed E-state index contributed by atoms with van der Waals surface area (Å²) in [6.07, 6.45) is 5.54. The number of aliphatic imine (C=N–C) groups is 1. The largest absolute Gasteiger partial charge is 0.356 e. The van der Waals surface area contributed by atoms with Gasteiger partial charge in [-0.05, 0) is 49.6 Å². The van der Waals surface area contributed by atoms with E-state index in [1.807, 2.05) is 12.3 Å². The quantitative estimate of drug-likeness (QED) is 0.406. The van der Waals surface area contributed by atoms with Crippen LogP contribution in [0.4, 0.5) is 4.39 Å². The van der Waals surface area contributed by atoms with Gasteiger partial charge in [0.05, 0.1) is 17.9 Å². The van der Waals surface area contributed by atoms with Gasteiger partial charge in [0.2, 0.25) is 5.91 Å². The van der Waals surface area contributed by atoms with Gasteiger partial charge in [0.25, 0.3) is 0 Å². The lowest BCUT2D eigenvalue weighted by Gasteiger charge is -2.32. The molecule has 32 heavy (non-hydrogen) atoms. The van der Waals surface area contributed by atoms with Crippen LogP contribution in [-0.2, 0) is 11.2 Å². The number of carbonyl (C=O) groups excluding carboxylic acids is 1. The highest BCUT2D eigenvalue weighted by Gasteiger charge is 2.21. The molecule has 1 aliphatic heterocycles. The molecule has 174 valence electrons. The molecule has 3 N–H and O–H groups in total. The van der Waals surface area contributed by atoms with Crippen LogP contribution in [0.2, 0.25) is 0 Å². The second-order valence-electron chi connectivity index (χ2n) is 8.02. The van der Waals surface area contributed by atoms with Gasteiger partial charge >= 0.3 is 0 Å². The van der Waals surface area contributed by atoms with Crippen molar-refractivity contribution in [2.24, 2.45) is 4.99 Å². The summed E-state index contributed by atoms with van der Waals surface area (Å²) in [5.74, 6) is 0.632. The molecule has 1 saturated heterocycles. The number of halogens is 1. The summed E-state index contributed by atoms with van der Waals surface area (Å²) in [6.45, 7) is 5.77. The van der Waals surface area contributed by atoms with Crippen LogP contribution in [0, 0.1) is 5.82 Å². The Morgan fingerprint density at radius 3 is 2.59 bits per heavy atom. The van der Waals surface area contributed by atoms with E-state index in [9.17, 15) is 9.18 Å². The molecule has 0 spiro atoms. The molecular formula is C23H34FN7O. The minimum absolute atomic E-state index is 0.109. The zero-order valence-electron chi connectivity index (χ0n) is 19.0. The van der Waals surface area contributed by atoms with Gasteiger partial charge in [-0.2, -0.15) is 5.10 Å². The van der Waals surface area contributed by atoms with Crippen molar-refractivity contribution in [2.45, 2.75) is 38.6 Å². The first-order valence-corrected chi connectivity index (χ1v) is 11.3. The predicted octanol–water partition coefficient (Wildman–Crippen LogP) is 1.71. The molecule has 1 amide bonds. The van der Waals surface area contributed by atoms with Crippen molar-refractivity contribution in [3.05, 3.63) is 48.0 Å². The molecular weight excluding hydrogens is 409 g/mol. The van der Waals surface area contributed by atoms with Crippen LogP contribution in [0.15, 0.2) is 41.5 Å². The molecule has 0 radical (unpaired) electrons. The number of carbonyl (C=O) groups is 1. The SMILES string of the molecule is CCCNC(=O)CN1CCC(NC(=NC)NCCc2ccn(-c3ccc(F)cc3)n2)CC1. The second kappa shape index (κ2) is 12.2. The fourth-order valence-electron chi connectivity index (χ4n) is 3.69. The third kappa shape index (κ3) is 7.33. The molecule has 0 aliphatic carbocycles. The van der Waals surface area contributed by atoms with Gasteiger partial charge in [-0.1, -0.05) is 6.92 Å². The molecule has 2 heterocycles. The fraction of sp³-hybridized carbons (Fsp3) is 0.522. The van der Waals surface area contributed by atoms with Gasteiger partial charge in [-0.3, -0.25) is 14.7 Å². The van der Waals surface area contributed by atoms with Gasteiger partial charge in [-0.25, -0.2) is 9.07 Å². The van der Waals surface area contributed by atoms with Crippen molar-refractivity contribution in [2.75, 3.05) is 39.8 Å². The normalized spacial score (nSPS) is 15.5. The van der Waals surface area contributed by atoms with E-state index in [4.69, 9.17) is 0 Å². The zero-order valence-corrected chi connectivity index (χ0v) is 19.0. The lowest BCUT2D eigenvalue weighted by atomic mass is 10.1. The van der Waals surface area contributed by atoms with E-state index in [2.05, 4.69) is 37.9 Å². The van der Waals surface area contributed by atoms with Crippen molar-refractivity contribution >= 4 is 11.9 Å². The summed E-state index contributed by atoms with van der Waals surface area (Å²) in [5.41, 5.74) is 1.78. The molecule has 2 aromatic rings. The number of nitrogens with zero attached hydrogens (tertiary/aromatic N) is 4. The number of hydrogen-bond acceptors (Lipinski definition) is 4. The summed E-state index contributed by atoms with van der Waals surface area (Å²) >= 11 is 0. The van der Waals surface area contributed by atoms with Gasteiger partial charge in [0.1, 0.15) is 5.82 Å². The molecule has 3 rings (SSSR count). The molecule has 1 aromatic heterocycles. The number of aromatic nitrogens is 2. The topological polar surface area (TPSA) is 86.6 Å². The molecule has 0 saturated carbocycles. The van der Waals surface area contributed by atoms with Gasteiger partial charge in [0, 0.05) is 51.9 Å². The highest BCUT2D eigenvalue weighted by molar-refractivity contribution is 5.80. The van der Waals surface area contributed by atoms with Crippen molar-refractivity contribution in [3.8, 4) is 5.69 Å². The molecule has 0 atom stereocenters. The van der Waals surface area contributed by atoms with E-state index >= 15 is 0 Å². The molecule has 8 nitrogen and oxygen atoms in total. The zero-order chi connectivity index (χ0) is 22.8. The summed E-state index contributed by atoms with van der Waals surface area (Å²) < 4.78 is 14.8. The summed E-state index contributed by atoms with van der Waals surface area (Å²) in [6, 6.07) is 8.58. The van der Waals surface area contributed by atoms with E-state index in [0.717, 1.165) is 62.7 Å². The molecule has 9 heteroatoms. The number of guanidine groups is 1. The van der Waals surface area contributed by atoms with Crippen molar-refractivity contribution < 1.29 is 9.18 Å². The number of piperidine rings is 1. The third-order valence-electron chi connectivity index (χ3n) is 5.50. The molecule has 0 unspecified atom stereocenters. The standard InChI is InChI=1S/C23H34FN7O/c1-3-12-26-22(32)17-30-14-9-19(10-15-30)28-23(25-2)27-13-8-20-11-16-31(29-20)21-6-4-18(24)5-7-21/h4-7,11,16,19H,3,8-10,12-15,17H2,1-2H3,(H,26,32)(H2,25,27,28). The second-order valence-corrected chi connectivity index (χ2v) is 8.02. The first kappa shape index (κ1) is 23.7. The Morgan fingerprint density at radius 2 is 1.91 bits per heavy atom. The van der Waals surface area contributed by atoms with Crippen molar-refractivity contribution in [3.63, 3.8) is 0 Å². The van der Waals surface area contributed by atoms with Crippen molar-refractivity contribution in [1.29, 1.82) is 0 Å². The summed E-state index contributed by atoms with van der Waals surface area (Å²) in [5, 5.41) is 14.3. The number of benzene rings is 1. The first-order valence-electron chi connectivity index (χ1n) is 11.3. The van der Waals surface area contributed by atoms with Crippen LogP contribution >= 0.6 is 0 Å². The van der Waals surface area contributed by atoms with Crippen LogP contribution in [0.1, 0.15) is 31.9 Å². The van der Waals surface area contributed by atoms with Gasteiger partial charge in [-0.15, -0.1) is 0 Å². The Morgan fingerprint density at radius 1 is 1.16 bits per heavy atom. The fourth-order valence-corrected chi connectivity index (χ4v) is 3.69. The average molecular weight is 444 g/mol. The number of rotatable bonds is 9. The van der Waals surface area contributed by atoms with E-state index in [1.165, 1.54) is 12.1 Å². The summed E-state index contributed by atoms with van der Waals surface area (Å²) in [4.78, 5) is 18.4. The Kier molecular flexibility index (Phi) is 9.03. The molecule has 1 aromatic carbocycles. The Bertz CT molecular complexity index is 873. The lowest BCUT2D eigenvalue weighted by Crippen LogP contribution is -2.50. The van der Waals surface area contributed by atoms with Crippen LogP contribution in [0.25, 0.3) is 5.69 Å². The van der Waals surface area contributed by atoms with Gasteiger partial charge < -0.3 is 16.0 Å². The highest BCUT2D eigenvalue weighted by Crippen LogP contribution is 2.10. The maximum absolute atomic E-state index is 13.1. The molecule has 0 bridgehead atoms. The third-order valence-corrected chi connectivity index (χ3v) is 5.50. The highest BCUT2D eigenvalue weighted by atomic mass is 19.1. The van der Waals surface area contributed by atoms with Crippen LogP contribution in [-0.4, -0.2) is 72.4 Å². The monoisotopic (exact) mass is 443 g/mol. The van der Waals surface area contributed by atoms with E-state index in [-0.39, 0.29) is 11.7 Å². The molecule has 1 fully saturated rings. The Labute approximate surface area is 189 Å². The van der Waals surface area contributed by atoms with E-state index < -0.39 is 0 Å². The number of hydrogen-bond donors (Lipinski definition) is 3. The molecule has 1 aliphatic rings. The Hall–Kier alpha value is -2.94.